The lowest BCUT2D eigenvalue weighted by Crippen LogP contribution is -2.09. The van der Waals surface area contributed by atoms with Crippen molar-refractivity contribution in [2.24, 2.45) is 5.73 Å². The number of hydrogen-bond acceptors (Lipinski definition) is 2. The van der Waals surface area contributed by atoms with Gasteiger partial charge in [-0.1, -0.05) is 23.7 Å². The zero-order chi connectivity index (χ0) is 15.6. The van der Waals surface area contributed by atoms with Crippen LogP contribution < -0.4 is 10.5 Å². The number of rotatable bonds is 3. The van der Waals surface area contributed by atoms with Gasteiger partial charge in [0.05, 0.1) is 10.6 Å². The van der Waals surface area contributed by atoms with Gasteiger partial charge in [0.15, 0.2) is 11.6 Å². The highest BCUT2D eigenvalue weighted by Crippen LogP contribution is 2.39. The van der Waals surface area contributed by atoms with Gasteiger partial charge in [0.25, 0.3) is 0 Å². The summed E-state index contributed by atoms with van der Waals surface area (Å²) in [5.74, 6) is -1.82. The van der Waals surface area contributed by atoms with Crippen molar-refractivity contribution in [1.29, 1.82) is 0 Å². The van der Waals surface area contributed by atoms with Crippen LogP contribution in [0.2, 0.25) is 5.02 Å². The molecule has 0 spiro atoms. The molecule has 0 aliphatic carbocycles. The van der Waals surface area contributed by atoms with Crippen LogP contribution >= 0.6 is 11.6 Å². The summed E-state index contributed by atoms with van der Waals surface area (Å²) in [7, 11) is 0. The first-order valence-corrected chi connectivity index (χ1v) is 6.22. The van der Waals surface area contributed by atoms with Gasteiger partial charge in [-0.05, 0) is 29.8 Å². The predicted octanol–water partition coefficient (Wildman–Crippen LogP) is 4.75. The highest BCUT2D eigenvalue weighted by atomic mass is 35.5. The Morgan fingerprint density at radius 3 is 2.43 bits per heavy atom. The number of benzene rings is 2. The number of halogens is 5. The van der Waals surface area contributed by atoms with E-state index in [-0.39, 0.29) is 17.3 Å². The lowest BCUT2D eigenvalue weighted by atomic mass is 10.1. The molecule has 7 heteroatoms. The molecule has 0 aliphatic rings. The van der Waals surface area contributed by atoms with Crippen LogP contribution in [-0.2, 0) is 12.7 Å². The van der Waals surface area contributed by atoms with Crippen molar-refractivity contribution in [2.75, 3.05) is 0 Å². The third-order valence-corrected chi connectivity index (χ3v) is 3.01. The van der Waals surface area contributed by atoms with E-state index in [1.165, 1.54) is 24.3 Å². The van der Waals surface area contributed by atoms with Crippen LogP contribution in [0.3, 0.4) is 0 Å². The Labute approximate surface area is 123 Å². The average Bonchev–Trinajstić information content (AvgIpc) is 2.43. The second kappa shape index (κ2) is 5.91. The molecule has 0 unspecified atom stereocenters. The van der Waals surface area contributed by atoms with Crippen LogP contribution in [0, 0.1) is 5.82 Å². The molecule has 2 rings (SSSR count). The third kappa shape index (κ3) is 3.46. The Balaban J connectivity index is 2.46. The molecule has 2 aromatic rings. The average molecular weight is 320 g/mol. The van der Waals surface area contributed by atoms with Gasteiger partial charge < -0.3 is 10.5 Å². The summed E-state index contributed by atoms with van der Waals surface area (Å²) in [4.78, 5) is 0. The number of alkyl halides is 3. The molecule has 0 fully saturated rings. The zero-order valence-electron chi connectivity index (χ0n) is 10.5. The third-order valence-electron chi connectivity index (χ3n) is 2.72. The summed E-state index contributed by atoms with van der Waals surface area (Å²) < 4.78 is 57.7. The van der Waals surface area contributed by atoms with Gasteiger partial charge >= 0.3 is 6.18 Å². The van der Waals surface area contributed by atoms with E-state index in [4.69, 9.17) is 22.1 Å². The molecular weight excluding hydrogens is 310 g/mol. The van der Waals surface area contributed by atoms with Crippen LogP contribution in [0.1, 0.15) is 11.1 Å². The SMILES string of the molecule is NCc1ccc(Oc2cccc(Cl)c2F)c(C(F)(F)F)c1. The fourth-order valence-corrected chi connectivity index (χ4v) is 1.86. The topological polar surface area (TPSA) is 35.2 Å². The quantitative estimate of drug-likeness (QED) is 0.829. The van der Waals surface area contributed by atoms with Crippen LogP contribution in [0.5, 0.6) is 11.5 Å². The molecular formula is C14H10ClF4NO. The smallest absolute Gasteiger partial charge is 0.419 e. The second-order valence-corrected chi connectivity index (χ2v) is 4.59. The van der Waals surface area contributed by atoms with Crippen LogP contribution in [0.15, 0.2) is 36.4 Å². The number of nitrogens with two attached hydrogens (primary N) is 1. The Morgan fingerprint density at radius 1 is 1.10 bits per heavy atom. The van der Waals surface area contributed by atoms with Crippen molar-refractivity contribution in [3.63, 3.8) is 0 Å². The highest BCUT2D eigenvalue weighted by molar-refractivity contribution is 6.30. The van der Waals surface area contributed by atoms with E-state index in [1.54, 1.807) is 0 Å². The summed E-state index contributed by atoms with van der Waals surface area (Å²) in [5, 5.41) is -0.236. The van der Waals surface area contributed by atoms with Crippen molar-refractivity contribution < 1.29 is 22.3 Å². The maximum absolute atomic E-state index is 13.7. The van der Waals surface area contributed by atoms with E-state index < -0.39 is 23.3 Å². The summed E-state index contributed by atoms with van der Waals surface area (Å²) in [6.45, 7) is -0.0467. The minimum atomic E-state index is -4.64. The van der Waals surface area contributed by atoms with E-state index in [2.05, 4.69) is 0 Å². The first-order valence-electron chi connectivity index (χ1n) is 5.85. The van der Waals surface area contributed by atoms with Crippen LogP contribution in [-0.4, -0.2) is 0 Å². The maximum Gasteiger partial charge on any atom is 0.419 e. The van der Waals surface area contributed by atoms with E-state index in [9.17, 15) is 17.6 Å². The van der Waals surface area contributed by atoms with E-state index in [0.717, 1.165) is 12.1 Å². The lowest BCUT2D eigenvalue weighted by Gasteiger charge is -2.15. The van der Waals surface area contributed by atoms with E-state index >= 15 is 0 Å². The molecule has 0 aliphatic heterocycles. The molecule has 2 aromatic carbocycles. The summed E-state index contributed by atoms with van der Waals surface area (Å²) in [5.41, 5.74) is 4.59. The first kappa shape index (κ1) is 15.6. The molecule has 21 heavy (non-hydrogen) atoms. The van der Waals surface area contributed by atoms with Gasteiger partial charge in [0, 0.05) is 6.54 Å². The highest BCUT2D eigenvalue weighted by Gasteiger charge is 2.35. The molecule has 0 saturated heterocycles. The molecule has 0 amide bonds. The van der Waals surface area contributed by atoms with E-state index in [1.807, 2.05) is 0 Å². The molecule has 0 heterocycles. The van der Waals surface area contributed by atoms with Gasteiger partial charge in [0.1, 0.15) is 5.75 Å². The predicted molar refractivity (Wildman–Crippen MR) is 70.8 cm³/mol. The maximum atomic E-state index is 13.7. The van der Waals surface area contributed by atoms with Gasteiger partial charge in [-0.25, -0.2) is 4.39 Å². The largest absolute Gasteiger partial charge is 0.454 e. The first-order chi connectivity index (χ1) is 9.82. The molecule has 0 atom stereocenters. The summed E-state index contributed by atoms with van der Waals surface area (Å²) >= 11 is 5.56. The van der Waals surface area contributed by atoms with Crippen molar-refractivity contribution in [1.82, 2.24) is 0 Å². The molecule has 2 N–H and O–H groups in total. The van der Waals surface area contributed by atoms with Crippen molar-refractivity contribution in [3.8, 4) is 11.5 Å². The van der Waals surface area contributed by atoms with Crippen LogP contribution in [0.4, 0.5) is 17.6 Å². The van der Waals surface area contributed by atoms with Gasteiger partial charge in [-0.2, -0.15) is 13.2 Å². The Kier molecular flexibility index (Phi) is 4.39. The Morgan fingerprint density at radius 2 is 1.81 bits per heavy atom. The number of hydrogen-bond donors (Lipinski definition) is 1. The van der Waals surface area contributed by atoms with Crippen molar-refractivity contribution in [3.05, 3.63) is 58.4 Å². The van der Waals surface area contributed by atoms with E-state index in [0.29, 0.717) is 5.56 Å². The molecule has 0 aromatic heterocycles. The molecule has 0 saturated carbocycles. The fraction of sp³-hybridized carbons (Fsp3) is 0.143. The standard InChI is InChI=1S/C14H10ClF4NO/c15-10-2-1-3-12(13(10)16)21-11-5-4-8(7-20)6-9(11)14(17,18)19/h1-6H,7,20H2. The number of ether oxygens (including phenoxy) is 1. The van der Waals surface area contributed by atoms with Gasteiger partial charge in [-0.15, -0.1) is 0 Å². The molecule has 112 valence electrons. The second-order valence-electron chi connectivity index (χ2n) is 4.19. The fourth-order valence-electron chi connectivity index (χ4n) is 1.70. The van der Waals surface area contributed by atoms with Crippen molar-refractivity contribution in [2.45, 2.75) is 12.7 Å². The molecule has 2 nitrogen and oxygen atoms in total. The minimum absolute atomic E-state index is 0.0467. The van der Waals surface area contributed by atoms with Crippen LogP contribution in [0.25, 0.3) is 0 Å². The van der Waals surface area contributed by atoms with Crippen molar-refractivity contribution >= 4 is 11.6 Å². The minimum Gasteiger partial charge on any atom is -0.454 e. The molecule has 0 bridgehead atoms. The summed E-state index contributed by atoms with van der Waals surface area (Å²) in [6.07, 6.45) is -4.64. The van der Waals surface area contributed by atoms with Gasteiger partial charge in [-0.3, -0.25) is 0 Å². The zero-order valence-corrected chi connectivity index (χ0v) is 11.3. The monoisotopic (exact) mass is 319 g/mol. The summed E-state index contributed by atoms with van der Waals surface area (Å²) in [6, 6.07) is 7.20. The molecule has 0 radical (unpaired) electrons. The Bertz CT molecular complexity index is 658. The van der Waals surface area contributed by atoms with Gasteiger partial charge in [0.2, 0.25) is 0 Å². The Hall–Kier alpha value is -1.79. The lowest BCUT2D eigenvalue weighted by molar-refractivity contribution is -0.138. The normalized spacial score (nSPS) is 11.5.